The SMILES string of the molecule is COC(=O)/C(C)=C\NC1CCCCC1. The molecule has 0 spiro atoms. The van der Waals surface area contributed by atoms with Gasteiger partial charge in [0, 0.05) is 17.8 Å². The largest absolute Gasteiger partial charge is 0.466 e. The molecule has 1 N–H and O–H groups in total. The zero-order chi connectivity index (χ0) is 10.4. The third-order valence-corrected chi connectivity index (χ3v) is 2.65. The first-order chi connectivity index (χ1) is 6.74. The third-order valence-electron chi connectivity index (χ3n) is 2.65. The first-order valence-electron chi connectivity index (χ1n) is 5.25. The van der Waals surface area contributed by atoms with Crippen LogP contribution in [0.4, 0.5) is 0 Å². The van der Waals surface area contributed by atoms with E-state index >= 15 is 0 Å². The van der Waals surface area contributed by atoms with E-state index < -0.39 is 0 Å². The van der Waals surface area contributed by atoms with Crippen LogP contribution in [0.2, 0.25) is 0 Å². The van der Waals surface area contributed by atoms with Gasteiger partial charge in [-0.1, -0.05) is 19.3 Å². The number of ether oxygens (including phenoxy) is 1. The van der Waals surface area contributed by atoms with E-state index in [9.17, 15) is 4.79 Å². The lowest BCUT2D eigenvalue weighted by atomic mass is 9.96. The Balaban J connectivity index is 2.33. The Bertz CT molecular complexity index is 217. The number of esters is 1. The summed E-state index contributed by atoms with van der Waals surface area (Å²) in [5, 5.41) is 3.27. The molecule has 0 amide bonds. The van der Waals surface area contributed by atoms with Crippen molar-refractivity contribution in [2.75, 3.05) is 7.11 Å². The number of nitrogens with one attached hydrogen (secondary N) is 1. The number of hydrogen-bond donors (Lipinski definition) is 1. The molecule has 0 atom stereocenters. The maximum atomic E-state index is 11.1. The molecule has 1 fully saturated rings. The number of carbonyl (C=O) groups is 1. The Labute approximate surface area is 85.5 Å². The Morgan fingerprint density at radius 1 is 1.36 bits per heavy atom. The van der Waals surface area contributed by atoms with Crippen LogP contribution in [0.1, 0.15) is 39.0 Å². The lowest BCUT2D eigenvalue weighted by molar-refractivity contribution is -0.136. The van der Waals surface area contributed by atoms with Gasteiger partial charge in [0.2, 0.25) is 0 Å². The standard InChI is InChI=1S/C11H19NO2/c1-9(11(13)14-2)8-12-10-6-4-3-5-7-10/h8,10,12H,3-7H2,1-2H3/b9-8-. The van der Waals surface area contributed by atoms with Gasteiger partial charge >= 0.3 is 5.97 Å². The van der Waals surface area contributed by atoms with Gasteiger partial charge in [-0.2, -0.15) is 0 Å². The predicted octanol–water partition coefficient (Wildman–Crippen LogP) is 1.99. The van der Waals surface area contributed by atoms with Gasteiger partial charge in [0.05, 0.1) is 7.11 Å². The summed E-state index contributed by atoms with van der Waals surface area (Å²) in [4.78, 5) is 11.1. The van der Waals surface area contributed by atoms with E-state index in [2.05, 4.69) is 10.1 Å². The molecule has 3 heteroatoms. The quantitative estimate of drug-likeness (QED) is 0.555. The number of hydrogen-bond acceptors (Lipinski definition) is 3. The average Bonchev–Trinajstić information content (AvgIpc) is 2.26. The van der Waals surface area contributed by atoms with Gasteiger partial charge in [0.25, 0.3) is 0 Å². The van der Waals surface area contributed by atoms with Crippen molar-refractivity contribution in [3.8, 4) is 0 Å². The molecule has 1 aliphatic carbocycles. The average molecular weight is 197 g/mol. The molecule has 0 radical (unpaired) electrons. The molecule has 0 aromatic rings. The Hall–Kier alpha value is -0.990. The van der Waals surface area contributed by atoms with E-state index in [-0.39, 0.29) is 5.97 Å². The molecule has 14 heavy (non-hydrogen) atoms. The van der Waals surface area contributed by atoms with Crippen LogP contribution in [0, 0.1) is 0 Å². The lowest BCUT2D eigenvalue weighted by Crippen LogP contribution is -2.27. The van der Waals surface area contributed by atoms with Crippen LogP contribution in [-0.4, -0.2) is 19.1 Å². The molecule has 0 aromatic carbocycles. The van der Waals surface area contributed by atoms with Crippen molar-refractivity contribution in [2.45, 2.75) is 45.1 Å². The molecule has 1 rings (SSSR count). The summed E-state index contributed by atoms with van der Waals surface area (Å²) in [5.41, 5.74) is 0.637. The van der Waals surface area contributed by atoms with Crippen molar-refractivity contribution in [3.05, 3.63) is 11.8 Å². The molecular weight excluding hydrogens is 178 g/mol. The summed E-state index contributed by atoms with van der Waals surface area (Å²) >= 11 is 0. The molecule has 1 saturated carbocycles. The van der Waals surface area contributed by atoms with Gasteiger partial charge in [-0.05, 0) is 19.8 Å². The minimum atomic E-state index is -0.256. The first-order valence-corrected chi connectivity index (χ1v) is 5.25. The van der Waals surface area contributed by atoms with Crippen LogP contribution < -0.4 is 5.32 Å². The second kappa shape index (κ2) is 5.68. The molecule has 0 heterocycles. The van der Waals surface area contributed by atoms with E-state index in [0.717, 1.165) is 0 Å². The van der Waals surface area contributed by atoms with Crippen LogP contribution in [0.25, 0.3) is 0 Å². The highest BCUT2D eigenvalue weighted by molar-refractivity contribution is 5.87. The molecule has 0 unspecified atom stereocenters. The summed E-state index contributed by atoms with van der Waals surface area (Å²) in [7, 11) is 1.40. The fourth-order valence-electron chi connectivity index (χ4n) is 1.73. The highest BCUT2D eigenvalue weighted by Gasteiger charge is 2.11. The van der Waals surface area contributed by atoms with Crippen molar-refractivity contribution < 1.29 is 9.53 Å². The minimum absolute atomic E-state index is 0.256. The van der Waals surface area contributed by atoms with E-state index in [1.165, 1.54) is 39.2 Å². The second-order valence-electron chi connectivity index (χ2n) is 3.82. The molecule has 3 nitrogen and oxygen atoms in total. The zero-order valence-electron chi connectivity index (χ0n) is 9.01. The molecule has 80 valence electrons. The van der Waals surface area contributed by atoms with Crippen LogP contribution >= 0.6 is 0 Å². The van der Waals surface area contributed by atoms with E-state index in [0.29, 0.717) is 11.6 Å². The highest BCUT2D eigenvalue weighted by Crippen LogP contribution is 2.17. The number of carbonyl (C=O) groups excluding carboxylic acids is 1. The minimum Gasteiger partial charge on any atom is -0.466 e. The van der Waals surface area contributed by atoms with Crippen LogP contribution in [0.3, 0.4) is 0 Å². The smallest absolute Gasteiger partial charge is 0.334 e. The first kappa shape index (κ1) is 11.1. The van der Waals surface area contributed by atoms with Crippen molar-refractivity contribution in [1.82, 2.24) is 5.32 Å². The van der Waals surface area contributed by atoms with Gasteiger partial charge in [-0.25, -0.2) is 4.79 Å². The highest BCUT2D eigenvalue weighted by atomic mass is 16.5. The molecular formula is C11H19NO2. The number of methoxy groups -OCH3 is 1. The molecule has 0 saturated heterocycles. The molecule has 0 bridgehead atoms. The van der Waals surface area contributed by atoms with Crippen LogP contribution in [0.5, 0.6) is 0 Å². The van der Waals surface area contributed by atoms with Gasteiger partial charge in [-0.3, -0.25) is 0 Å². The molecule has 0 aliphatic heterocycles. The van der Waals surface area contributed by atoms with Crippen LogP contribution in [-0.2, 0) is 9.53 Å². The zero-order valence-corrected chi connectivity index (χ0v) is 9.01. The summed E-state index contributed by atoms with van der Waals surface area (Å²) < 4.78 is 4.60. The van der Waals surface area contributed by atoms with E-state index in [1.807, 2.05) is 0 Å². The molecule has 1 aliphatic rings. The van der Waals surface area contributed by atoms with Gasteiger partial charge in [0.1, 0.15) is 0 Å². The van der Waals surface area contributed by atoms with Crippen molar-refractivity contribution in [1.29, 1.82) is 0 Å². The molecule has 0 aromatic heterocycles. The van der Waals surface area contributed by atoms with Crippen molar-refractivity contribution in [2.24, 2.45) is 0 Å². The summed E-state index contributed by atoms with van der Waals surface area (Å²) in [6.07, 6.45) is 8.14. The lowest BCUT2D eigenvalue weighted by Gasteiger charge is -2.21. The maximum Gasteiger partial charge on any atom is 0.334 e. The van der Waals surface area contributed by atoms with E-state index in [4.69, 9.17) is 0 Å². The fourth-order valence-corrected chi connectivity index (χ4v) is 1.73. The summed E-state index contributed by atoms with van der Waals surface area (Å²) in [5.74, 6) is -0.256. The summed E-state index contributed by atoms with van der Waals surface area (Å²) in [6, 6.07) is 0.545. The van der Waals surface area contributed by atoms with Gasteiger partial charge < -0.3 is 10.1 Å². The number of rotatable bonds is 3. The van der Waals surface area contributed by atoms with Gasteiger partial charge in [-0.15, -0.1) is 0 Å². The topological polar surface area (TPSA) is 38.3 Å². The van der Waals surface area contributed by atoms with Crippen molar-refractivity contribution >= 4 is 5.97 Å². The van der Waals surface area contributed by atoms with Crippen LogP contribution in [0.15, 0.2) is 11.8 Å². The Morgan fingerprint density at radius 2 is 2.00 bits per heavy atom. The second-order valence-corrected chi connectivity index (χ2v) is 3.82. The third kappa shape index (κ3) is 3.40. The Morgan fingerprint density at radius 3 is 2.57 bits per heavy atom. The summed E-state index contributed by atoms with van der Waals surface area (Å²) in [6.45, 7) is 1.77. The normalized spacial score (nSPS) is 19.1. The van der Waals surface area contributed by atoms with Gasteiger partial charge in [0.15, 0.2) is 0 Å². The fraction of sp³-hybridized carbons (Fsp3) is 0.727. The monoisotopic (exact) mass is 197 g/mol. The van der Waals surface area contributed by atoms with E-state index in [1.54, 1.807) is 13.1 Å². The van der Waals surface area contributed by atoms with Crippen molar-refractivity contribution in [3.63, 3.8) is 0 Å². The Kier molecular flexibility index (Phi) is 4.50. The predicted molar refractivity (Wildman–Crippen MR) is 55.8 cm³/mol. The maximum absolute atomic E-state index is 11.1.